The molecule has 0 aromatic heterocycles. The third-order valence-electron chi connectivity index (χ3n) is 7.12. The second-order valence-electron chi connectivity index (χ2n) is 9.03. The summed E-state index contributed by atoms with van der Waals surface area (Å²) in [7, 11) is -4.02. The predicted octanol–water partition coefficient (Wildman–Crippen LogP) is 4.08. The van der Waals surface area contributed by atoms with E-state index in [1.165, 1.54) is 19.1 Å². The summed E-state index contributed by atoms with van der Waals surface area (Å²) in [5.41, 5.74) is -1.81. The first-order chi connectivity index (χ1) is 15.9. The molecule has 0 aliphatic heterocycles. The Morgan fingerprint density at radius 2 is 1.68 bits per heavy atom. The molecule has 2 aliphatic carbocycles. The van der Waals surface area contributed by atoms with Crippen LogP contribution < -0.4 is 5.32 Å². The number of carbonyl (C=O) groups is 1. The van der Waals surface area contributed by atoms with Gasteiger partial charge in [0.1, 0.15) is 0 Å². The molecule has 0 radical (unpaired) electrons. The minimum atomic E-state index is -4.02. The Labute approximate surface area is 199 Å². The SMILES string of the molecule is CC(O)C1(O)C2CCC1CC(S(=O)(=O)c1cc(C(=O)Nc3cc(F)c(F)c(F)c3)ccc1Cl)C2. The predicted molar refractivity (Wildman–Crippen MR) is 119 cm³/mol. The number of sulfone groups is 1. The summed E-state index contributed by atoms with van der Waals surface area (Å²) in [6.07, 6.45) is 0.478. The monoisotopic (exact) mass is 517 g/mol. The van der Waals surface area contributed by atoms with Gasteiger partial charge >= 0.3 is 0 Å². The summed E-state index contributed by atoms with van der Waals surface area (Å²) >= 11 is 6.18. The quantitative estimate of drug-likeness (QED) is 0.518. The number of benzene rings is 2. The van der Waals surface area contributed by atoms with Crippen molar-refractivity contribution in [3.05, 3.63) is 58.4 Å². The van der Waals surface area contributed by atoms with Gasteiger partial charge in [0.25, 0.3) is 5.91 Å². The van der Waals surface area contributed by atoms with Crippen LogP contribution in [0.5, 0.6) is 0 Å². The van der Waals surface area contributed by atoms with E-state index < -0.39 is 50.2 Å². The number of aliphatic hydroxyl groups excluding tert-OH is 1. The average molecular weight is 518 g/mol. The van der Waals surface area contributed by atoms with Crippen molar-refractivity contribution >= 4 is 33.0 Å². The summed E-state index contributed by atoms with van der Waals surface area (Å²) in [5.74, 6) is -6.30. The van der Waals surface area contributed by atoms with E-state index in [9.17, 15) is 36.6 Å². The number of fused-ring (bicyclic) bond motifs is 2. The third-order valence-corrected chi connectivity index (χ3v) is 9.77. The standard InChI is InChI=1S/C23H23ClF3NO5S/c1-11(29)23(31)13-3-4-14(23)8-16(7-13)34(32,33)20-6-12(2-5-17(20)24)22(30)28-15-9-18(25)21(27)19(26)10-15/h2,5-6,9-11,13-14,16,29,31H,3-4,7-8H2,1H3,(H,28,30). The first-order valence-electron chi connectivity index (χ1n) is 10.8. The molecule has 2 fully saturated rings. The fraction of sp³-hybridized carbons (Fsp3) is 0.435. The van der Waals surface area contributed by atoms with Crippen molar-refractivity contribution in [3.63, 3.8) is 0 Å². The first-order valence-corrected chi connectivity index (χ1v) is 12.7. The van der Waals surface area contributed by atoms with Gasteiger partial charge in [-0.3, -0.25) is 4.79 Å². The van der Waals surface area contributed by atoms with Crippen LogP contribution in [0.4, 0.5) is 18.9 Å². The molecular formula is C23H23ClF3NO5S. The fourth-order valence-corrected chi connectivity index (χ4v) is 7.75. The summed E-state index contributed by atoms with van der Waals surface area (Å²) < 4.78 is 67.0. The lowest BCUT2D eigenvalue weighted by molar-refractivity contribution is -0.134. The molecule has 6 nitrogen and oxygen atoms in total. The van der Waals surface area contributed by atoms with Gasteiger partial charge in [0.2, 0.25) is 0 Å². The molecule has 11 heteroatoms. The lowest BCUT2D eigenvalue weighted by Crippen LogP contribution is -2.54. The number of halogens is 4. The Balaban J connectivity index is 1.60. The van der Waals surface area contributed by atoms with E-state index in [1.807, 2.05) is 0 Å². The molecule has 2 bridgehead atoms. The number of carbonyl (C=O) groups excluding carboxylic acids is 1. The highest BCUT2D eigenvalue weighted by Gasteiger charge is 2.57. The molecular weight excluding hydrogens is 495 g/mol. The van der Waals surface area contributed by atoms with Crippen LogP contribution in [-0.2, 0) is 9.84 Å². The Morgan fingerprint density at radius 3 is 2.21 bits per heavy atom. The van der Waals surface area contributed by atoms with Gasteiger partial charge in [-0.2, -0.15) is 0 Å². The normalized spacial score (nSPS) is 27.4. The lowest BCUT2D eigenvalue weighted by atomic mass is 9.71. The van der Waals surface area contributed by atoms with E-state index >= 15 is 0 Å². The zero-order valence-electron chi connectivity index (χ0n) is 18.1. The molecule has 184 valence electrons. The number of aliphatic hydroxyl groups is 2. The molecule has 3 atom stereocenters. The van der Waals surface area contributed by atoms with Gasteiger partial charge in [-0.1, -0.05) is 11.6 Å². The van der Waals surface area contributed by atoms with E-state index in [0.29, 0.717) is 25.0 Å². The number of hydrogen-bond acceptors (Lipinski definition) is 5. The summed E-state index contributed by atoms with van der Waals surface area (Å²) in [6.45, 7) is 1.50. The Hall–Kier alpha value is -2.14. The Morgan fingerprint density at radius 1 is 1.12 bits per heavy atom. The van der Waals surface area contributed by atoms with Gasteiger partial charge in [0.05, 0.1) is 26.9 Å². The zero-order valence-corrected chi connectivity index (χ0v) is 19.6. The van der Waals surface area contributed by atoms with Crippen molar-refractivity contribution in [1.29, 1.82) is 0 Å². The minimum absolute atomic E-state index is 0.0980. The minimum Gasteiger partial charge on any atom is -0.390 e. The molecule has 2 aromatic rings. The first kappa shape index (κ1) is 25.0. The number of anilines is 1. The fourth-order valence-electron chi connectivity index (χ4n) is 5.35. The average Bonchev–Trinajstić information content (AvgIpc) is 2.94. The molecule has 3 N–H and O–H groups in total. The van der Waals surface area contributed by atoms with E-state index in [2.05, 4.69) is 5.32 Å². The molecule has 3 unspecified atom stereocenters. The molecule has 0 heterocycles. The summed E-state index contributed by atoms with van der Waals surface area (Å²) in [4.78, 5) is 12.3. The number of amides is 1. The molecule has 0 spiro atoms. The van der Waals surface area contributed by atoms with Crippen molar-refractivity contribution in [2.24, 2.45) is 11.8 Å². The van der Waals surface area contributed by atoms with Crippen LogP contribution >= 0.6 is 11.6 Å². The molecule has 2 aromatic carbocycles. The van der Waals surface area contributed by atoms with Crippen LogP contribution in [0.3, 0.4) is 0 Å². The highest BCUT2D eigenvalue weighted by molar-refractivity contribution is 7.92. The highest BCUT2D eigenvalue weighted by Crippen LogP contribution is 2.53. The van der Waals surface area contributed by atoms with E-state index in [0.717, 1.165) is 6.07 Å². The van der Waals surface area contributed by atoms with Crippen LogP contribution in [0.2, 0.25) is 5.02 Å². The summed E-state index contributed by atoms with van der Waals surface area (Å²) in [5, 5.41) is 22.3. The molecule has 2 saturated carbocycles. The van der Waals surface area contributed by atoms with Crippen LogP contribution in [0.1, 0.15) is 43.0 Å². The molecule has 4 rings (SSSR count). The Bertz CT molecular complexity index is 1220. The van der Waals surface area contributed by atoms with Crippen molar-refractivity contribution in [1.82, 2.24) is 0 Å². The van der Waals surface area contributed by atoms with Crippen LogP contribution in [0, 0.1) is 29.3 Å². The van der Waals surface area contributed by atoms with E-state index in [-0.39, 0.29) is 45.8 Å². The Kier molecular flexibility index (Phi) is 6.48. The maximum absolute atomic E-state index is 13.5. The van der Waals surface area contributed by atoms with Gasteiger partial charge in [0, 0.05) is 23.4 Å². The molecule has 2 aliphatic rings. The largest absolute Gasteiger partial charge is 0.390 e. The lowest BCUT2D eigenvalue weighted by Gasteiger charge is -2.44. The molecule has 34 heavy (non-hydrogen) atoms. The van der Waals surface area contributed by atoms with Gasteiger partial charge in [-0.25, -0.2) is 21.6 Å². The highest BCUT2D eigenvalue weighted by atomic mass is 35.5. The van der Waals surface area contributed by atoms with Gasteiger partial charge in [-0.15, -0.1) is 0 Å². The molecule has 1 amide bonds. The topological polar surface area (TPSA) is 104 Å². The number of nitrogens with one attached hydrogen (secondary N) is 1. The second-order valence-corrected chi connectivity index (χ2v) is 11.6. The van der Waals surface area contributed by atoms with Crippen molar-refractivity contribution in [2.75, 3.05) is 5.32 Å². The van der Waals surface area contributed by atoms with Crippen molar-refractivity contribution in [3.8, 4) is 0 Å². The maximum Gasteiger partial charge on any atom is 0.255 e. The van der Waals surface area contributed by atoms with Crippen molar-refractivity contribution in [2.45, 2.75) is 54.5 Å². The van der Waals surface area contributed by atoms with Crippen LogP contribution in [-0.4, -0.2) is 41.5 Å². The third kappa shape index (κ3) is 4.10. The summed E-state index contributed by atoms with van der Waals surface area (Å²) in [6, 6.07) is 4.78. The van der Waals surface area contributed by atoms with Gasteiger partial charge < -0.3 is 15.5 Å². The van der Waals surface area contributed by atoms with Gasteiger partial charge in [-0.05, 0) is 62.6 Å². The number of rotatable bonds is 5. The zero-order chi connectivity index (χ0) is 25.0. The maximum atomic E-state index is 13.5. The van der Waals surface area contributed by atoms with Crippen LogP contribution in [0.15, 0.2) is 35.2 Å². The van der Waals surface area contributed by atoms with E-state index in [4.69, 9.17) is 11.6 Å². The van der Waals surface area contributed by atoms with Crippen LogP contribution in [0.25, 0.3) is 0 Å². The van der Waals surface area contributed by atoms with Crippen molar-refractivity contribution < 1.29 is 36.6 Å². The number of hydrogen-bond donors (Lipinski definition) is 3. The van der Waals surface area contributed by atoms with Gasteiger partial charge in [0.15, 0.2) is 27.3 Å². The smallest absolute Gasteiger partial charge is 0.255 e. The van der Waals surface area contributed by atoms with E-state index in [1.54, 1.807) is 0 Å². The second kappa shape index (κ2) is 8.82. The molecule has 0 saturated heterocycles.